The molecular weight excluding hydrogens is 392 g/mol. The van der Waals surface area contributed by atoms with Crippen molar-refractivity contribution in [3.63, 3.8) is 0 Å². The molecule has 0 aliphatic rings. The number of aliphatic hydroxyl groups is 1. The van der Waals surface area contributed by atoms with Gasteiger partial charge in [0.2, 0.25) is 0 Å². The monoisotopic (exact) mass is 414 g/mol. The molecule has 0 spiro atoms. The van der Waals surface area contributed by atoms with Gasteiger partial charge in [-0.1, -0.05) is 37.6 Å². The fraction of sp³-hybridized carbons (Fsp3) is 0.333. The van der Waals surface area contributed by atoms with Crippen molar-refractivity contribution in [2.75, 3.05) is 6.61 Å². The topological polar surface area (TPSA) is 90.0 Å². The number of carbonyl (C=O) groups excluding carboxylic acids is 1. The number of carbonyl (C=O) groups is 1. The van der Waals surface area contributed by atoms with E-state index in [1.807, 2.05) is 13.8 Å². The number of rotatable bonds is 8. The molecule has 0 saturated carbocycles. The molecule has 0 aliphatic heterocycles. The highest BCUT2D eigenvalue weighted by atomic mass is 35.5. The van der Waals surface area contributed by atoms with E-state index in [0.29, 0.717) is 40.6 Å². The lowest BCUT2D eigenvalue weighted by atomic mass is 10.1. The quantitative estimate of drug-likeness (QED) is 0.612. The van der Waals surface area contributed by atoms with Crippen LogP contribution in [0.4, 0.5) is 0 Å². The van der Waals surface area contributed by atoms with Crippen molar-refractivity contribution >= 4 is 17.4 Å². The van der Waals surface area contributed by atoms with Crippen molar-refractivity contribution in [2.24, 2.45) is 5.92 Å². The van der Waals surface area contributed by atoms with Crippen molar-refractivity contribution in [1.82, 2.24) is 19.3 Å². The summed E-state index contributed by atoms with van der Waals surface area (Å²) in [5.74, 6) is 0.529. The first-order valence-corrected chi connectivity index (χ1v) is 9.80. The maximum absolute atomic E-state index is 13.1. The van der Waals surface area contributed by atoms with Crippen molar-refractivity contribution in [3.8, 4) is 17.1 Å². The Labute approximate surface area is 173 Å². The van der Waals surface area contributed by atoms with Gasteiger partial charge in [-0.25, -0.2) is 4.79 Å². The van der Waals surface area contributed by atoms with Crippen LogP contribution in [0.3, 0.4) is 0 Å². The summed E-state index contributed by atoms with van der Waals surface area (Å²) in [6.45, 7) is 3.86. The van der Waals surface area contributed by atoms with Gasteiger partial charge < -0.3 is 5.11 Å². The second-order valence-corrected chi connectivity index (χ2v) is 7.67. The number of hydrogen-bond donors (Lipinski definition) is 1. The summed E-state index contributed by atoms with van der Waals surface area (Å²) < 4.78 is 2.60. The van der Waals surface area contributed by atoms with Gasteiger partial charge in [0.25, 0.3) is 0 Å². The summed E-state index contributed by atoms with van der Waals surface area (Å²) >= 11 is 6.11. The number of hydrogen-bond acceptors (Lipinski definition) is 5. The maximum atomic E-state index is 13.1. The van der Waals surface area contributed by atoms with Crippen molar-refractivity contribution in [3.05, 3.63) is 63.8 Å². The summed E-state index contributed by atoms with van der Waals surface area (Å²) in [5, 5.41) is 14.0. The van der Waals surface area contributed by atoms with E-state index >= 15 is 0 Å². The highest BCUT2D eigenvalue weighted by Gasteiger charge is 2.19. The summed E-state index contributed by atoms with van der Waals surface area (Å²) in [4.78, 5) is 29.8. The second-order valence-electron chi connectivity index (χ2n) is 7.23. The molecule has 0 amide bonds. The lowest BCUT2D eigenvalue weighted by molar-refractivity contribution is -0.120. The van der Waals surface area contributed by atoms with Crippen LogP contribution in [0.5, 0.6) is 0 Å². The Morgan fingerprint density at radius 3 is 2.66 bits per heavy atom. The number of ketones is 1. The van der Waals surface area contributed by atoms with Gasteiger partial charge in [0, 0.05) is 35.7 Å². The van der Waals surface area contributed by atoms with Crippen molar-refractivity contribution < 1.29 is 9.90 Å². The first kappa shape index (κ1) is 21.0. The molecule has 0 aliphatic carbocycles. The predicted octanol–water partition coefficient (Wildman–Crippen LogP) is 2.90. The van der Waals surface area contributed by atoms with Crippen LogP contribution in [0.1, 0.15) is 26.0 Å². The van der Waals surface area contributed by atoms with E-state index in [1.165, 1.54) is 15.4 Å². The van der Waals surface area contributed by atoms with Crippen molar-refractivity contribution in [2.45, 2.75) is 33.2 Å². The summed E-state index contributed by atoms with van der Waals surface area (Å²) in [7, 11) is 0. The zero-order chi connectivity index (χ0) is 21.0. The minimum Gasteiger partial charge on any atom is -0.396 e. The Morgan fingerprint density at radius 1 is 1.24 bits per heavy atom. The molecule has 0 unspecified atom stereocenters. The standard InChI is InChI=1S/C21H23ClN4O3/c1-14(2)10-19(28)13-25-20(15-4-3-5-16(22)11-15)24-26(21(25)29)18-7-6-17(8-9-27)23-12-18/h3-7,11-12,14,27H,8-10,13H2,1-2H3. The fourth-order valence-corrected chi connectivity index (χ4v) is 3.24. The Bertz CT molecular complexity index is 1050. The van der Waals surface area contributed by atoms with Gasteiger partial charge in [-0.2, -0.15) is 4.68 Å². The van der Waals surface area contributed by atoms with E-state index < -0.39 is 5.69 Å². The predicted molar refractivity (Wildman–Crippen MR) is 111 cm³/mol. The van der Waals surface area contributed by atoms with Gasteiger partial charge in [0.1, 0.15) is 0 Å². The molecule has 0 saturated heterocycles. The van der Waals surface area contributed by atoms with Gasteiger partial charge in [-0.05, 0) is 30.2 Å². The summed E-state index contributed by atoms with van der Waals surface area (Å²) in [5.41, 5.74) is 1.42. The van der Waals surface area contributed by atoms with Crippen LogP contribution in [-0.2, 0) is 17.8 Å². The second kappa shape index (κ2) is 9.15. The van der Waals surface area contributed by atoms with Crippen molar-refractivity contribution in [1.29, 1.82) is 0 Å². The normalized spacial score (nSPS) is 11.2. The molecule has 1 N–H and O–H groups in total. The largest absolute Gasteiger partial charge is 0.396 e. The zero-order valence-corrected chi connectivity index (χ0v) is 17.1. The van der Waals surface area contributed by atoms with Crippen LogP contribution < -0.4 is 5.69 Å². The third-order valence-electron chi connectivity index (χ3n) is 4.34. The summed E-state index contributed by atoms with van der Waals surface area (Å²) in [6.07, 6.45) is 2.34. The Hall–Kier alpha value is -2.77. The summed E-state index contributed by atoms with van der Waals surface area (Å²) in [6, 6.07) is 10.5. The molecule has 2 heterocycles. The number of halogens is 1. The van der Waals surface area contributed by atoms with E-state index in [4.69, 9.17) is 16.7 Å². The Balaban J connectivity index is 2.07. The van der Waals surface area contributed by atoms with E-state index in [-0.39, 0.29) is 24.9 Å². The molecule has 2 aromatic heterocycles. The minimum atomic E-state index is -0.422. The Kier molecular flexibility index (Phi) is 6.61. The number of aromatic nitrogens is 4. The van der Waals surface area contributed by atoms with E-state index in [1.54, 1.807) is 36.4 Å². The van der Waals surface area contributed by atoms with Crippen LogP contribution in [0, 0.1) is 5.92 Å². The molecule has 0 bridgehead atoms. The van der Waals surface area contributed by atoms with Crippen LogP contribution in [0.2, 0.25) is 5.02 Å². The van der Waals surface area contributed by atoms with Gasteiger partial charge in [-0.3, -0.25) is 14.3 Å². The van der Waals surface area contributed by atoms with Crippen LogP contribution >= 0.6 is 11.6 Å². The molecule has 0 radical (unpaired) electrons. The van der Waals surface area contributed by atoms with Gasteiger partial charge in [0.05, 0.1) is 18.4 Å². The van der Waals surface area contributed by atoms with Crippen LogP contribution in [-0.4, -0.2) is 36.8 Å². The average molecular weight is 415 g/mol. The minimum absolute atomic E-state index is 0.00218. The highest BCUT2D eigenvalue weighted by Crippen LogP contribution is 2.21. The SMILES string of the molecule is CC(C)CC(=O)Cn1c(-c2cccc(Cl)c2)nn(-c2ccc(CCO)nc2)c1=O. The lowest BCUT2D eigenvalue weighted by Crippen LogP contribution is -2.27. The molecule has 3 aromatic rings. The van der Waals surface area contributed by atoms with Gasteiger partial charge in [-0.15, -0.1) is 5.10 Å². The smallest absolute Gasteiger partial charge is 0.351 e. The number of aliphatic hydroxyl groups excluding tert-OH is 1. The van der Waals surface area contributed by atoms with E-state index in [2.05, 4.69) is 10.1 Å². The third-order valence-corrected chi connectivity index (χ3v) is 4.57. The number of nitrogens with zero attached hydrogens (tertiary/aromatic N) is 4. The molecule has 3 rings (SSSR count). The maximum Gasteiger partial charge on any atom is 0.351 e. The molecule has 0 fully saturated rings. The molecule has 152 valence electrons. The molecular formula is C21H23ClN4O3. The van der Waals surface area contributed by atoms with Crippen LogP contribution in [0.15, 0.2) is 47.4 Å². The first-order valence-electron chi connectivity index (χ1n) is 9.42. The molecule has 1 aromatic carbocycles. The molecule has 7 nitrogen and oxygen atoms in total. The lowest BCUT2D eigenvalue weighted by Gasteiger charge is -2.07. The van der Waals surface area contributed by atoms with E-state index in [9.17, 15) is 9.59 Å². The zero-order valence-electron chi connectivity index (χ0n) is 16.4. The molecule has 0 atom stereocenters. The first-order chi connectivity index (χ1) is 13.9. The number of benzene rings is 1. The van der Waals surface area contributed by atoms with Crippen LogP contribution in [0.25, 0.3) is 17.1 Å². The fourth-order valence-electron chi connectivity index (χ4n) is 3.05. The third kappa shape index (κ3) is 4.99. The molecule has 29 heavy (non-hydrogen) atoms. The van der Waals surface area contributed by atoms with E-state index in [0.717, 1.165) is 0 Å². The Morgan fingerprint density at radius 2 is 2.03 bits per heavy atom. The number of Topliss-reactive ketones (excluding diaryl/α,β-unsaturated/α-hetero) is 1. The highest BCUT2D eigenvalue weighted by molar-refractivity contribution is 6.30. The number of pyridine rings is 1. The van der Waals surface area contributed by atoms with Gasteiger partial charge in [0.15, 0.2) is 11.6 Å². The van der Waals surface area contributed by atoms with Gasteiger partial charge >= 0.3 is 5.69 Å². The molecule has 8 heteroatoms. The average Bonchev–Trinajstić information content (AvgIpc) is 2.98.